The van der Waals surface area contributed by atoms with E-state index < -0.39 is 0 Å². The molecule has 1 heterocycles. The first-order valence-electron chi connectivity index (χ1n) is 7.13. The molecule has 0 spiro atoms. The molecule has 0 aliphatic carbocycles. The van der Waals surface area contributed by atoms with E-state index >= 15 is 0 Å². The van der Waals surface area contributed by atoms with Crippen LogP contribution < -0.4 is 4.74 Å². The van der Waals surface area contributed by atoms with Gasteiger partial charge in [-0.1, -0.05) is 60.7 Å². The van der Waals surface area contributed by atoms with Gasteiger partial charge in [0.25, 0.3) is 0 Å². The van der Waals surface area contributed by atoms with Crippen molar-refractivity contribution in [2.24, 2.45) is 0 Å². The largest absolute Gasteiger partial charge is 0.487 e. The number of hydrogen-bond acceptors (Lipinski definition) is 3. The van der Waals surface area contributed by atoms with Crippen molar-refractivity contribution in [1.29, 1.82) is 0 Å². The zero-order chi connectivity index (χ0) is 15.2. The summed E-state index contributed by atoms with van der Waals surface area (Å²) in [7, 11) is 0. The third-order valence-corrected chi connectivity index (χ3v) is 4.42. The molecule has 22 heavy (non-hydrogen) atoms. The van der Waals surface area contributed by atoms with Crippen LogP contribution in [0.25, 0.3) is 0 Å². The topological polar surface area (TPSA) is 26.3 Å². The molecule has 0 radical (unpaired) electrons. The van der Waals surface area contributed by atoms with Gasteiger partial charge in [-0.05, 0) is 11.1 Å². The SMILES string of the molecule is O=Cc1c(OCc2ccccc2)csc1Cc1ccccc1. The van der Waals surface area contributed by atoms with Crippen LogP contribution in [-0.2, 0) is 13.0 Å². The van der Waals surface area contributed by atoms with Gasteiger partial charge in [-0.15, -0.1) is 11.3 Å². The van der Waals surface area contributed by atoms with Crippen LogP contribution in [0.1, 0.15) is 26.4 Å². The van der Waals surface area contributed by atoms with E-state index in [4.69, 9.17) is 4.74 Å². The van der Waals surface area contributed by atoms with Gasteiger partial charge >= 0.3 is 0 Å². The number of ether oxygens (including phenoxy) is 1. The van der Waals surface area contributed by atoms with E-state index in [0.717, 1.165) is 23.1 Å². The van der Waals surface area contributed by atoms with Gasteiger partial charge in [0.15, 0.2) is 6.29 Å². The first kappa shape index (κ1) is 14.5. The molecule has 0 saturated carbocycles. The average molecular weight is 308 g/mol. The molecule has 0 aliphatic rings. The first-order valence-corrected chi connectivity index (χ1v) is 8.01. The summed E-state index contributed by atoms with van der Waals surface area (Å²) < 4.78 is 5.81. The third-order valence-electron chi connectivity index (χ3n) is 3.44. The van der Waals surface area contributed by atoms with Crippen LogP contribution in [0.4, 0.5) is 0 Å². The molecule has 1 aromatic heterocycles. The van der Waals surface area contributed by atoms with Crippen molar-refractivity contribution >= 4 is 17.6 Å². The van der Waals surface area contributed by atoms with Crippen LogP contribution in [0.2, 0.25) is 0 Å². The summed E-state index contributed by atoms with van der Waals surface area (Å²) in [5, 5.41) is 1.92. The average Bonchev–Trinajstić information content (AvgIpc) is 2.96. The minimum atomic E-state index is 0.475. The highest BCUT2D eigenvalue weighted by Gasteiger charge is 2.13. The maximum atomic E-state index is 11.4. The number of thiophene rings is 1. The number of benzene rings is 2. The second-order valence-electron chi connectivity index (χ2n) is 4.99. The van der Waals surface area contributed by atoms with E-state index in [1.807, 2.05) is 53.9 Å². The lowest BCUT2D eigenvalue weighted by Crippen LogP contribution is -1.97. The molecule has 0 aliphatic heterocycles. The second-order valence-corrected chi connectivity index (χ2v) is 5.96. The predicted molar refractivity (Wildman–Crippen MR) is 89.7 cm³/mol. The van der Waals surface area contributed by atoms with Gasteiger partial charge in [-0.25, -0.2) is 0 Å². The number of aldehydes is 1. The standard InChI is InChI=1S/C19H16O2S/c20-12-17-18(21-13-16-9-5-2-6-10-16)14-22-19(17)11-15-7-3-1-4-8-15/h1-10,12,14H,11,13H2. The van der Waals surface area contributed by atoms with E-state index in [-0.39, 0.29) is 0 Å². The van der Waals surface area contributed by atoms with E-state index in [9.17, 15) is 4.79 Å². The quantitative estimate of drug-likeness (QED) is 0.615. The maximum Gasteiger partial charge on any atom is 0.154 e. The van der Waals surface area contributed by atoms with Crippen molar-refractivity contribution in [2.75, 3.05) is 0 Å². The van der Waals surface area contributed by atoms with Crippen LogP contribution in [0.3, 0.4) is 0 Å². The van der Waals surface area contributed by atoms with Crippen molar-refractivity contribution in [3.8, 4) is 5.75 Å². The van der Waals surface area contributed by atoms with Crippen molar-refractivity contribution in [3.05, 3.63) is 87.6 Å². The smallest absolute Gasteiger partial charge is 0.154 e. The summed E-state index contributed by atoms with van der Waals surface area (Å²) in [6, 6.07) is 20.1. The molecule has 0 atom stereocenters. The minimum Gasteiger partial charge on any atom is -0.487 e. The summed E-state index contributed by atoms with van der Waals surface area (Å²) in [6.45, 7) is 0.475. The van der Waals surface area contributed by atoms with E-state index in [1.165, 1.54) is 5.56 Å². The molecule has 0 unspecified atom stereocenters. The Kier molecular flexibility index (Phi) is 4.66. The molecule has 0 bridgehead atoms. The molecule has 3 rings (SSSR count). The molecule has 110 valence electrons. The molecule has 0 N–H and O–H groups in total. The number of carbonyl (C=O) groups is 1. The monoisotopic (exact) mass is 308 g/mol. The van der Waals surface area contributed by atoms with Crippen molar-refractivity contribution in [3.63, 3.8) is 0 Å². The molecule has 2 aromatic carbocycles. The highest BCUT2D eigenvalue weighted by Crippen LogP contribution is 2.30. The molecule has 3 heteroatoms. The van der Waals surface area contributed by atoms with Crippen LogP contribution >= 0.6 is 11.3 Å². The lowest BCUT2D eigenvalue weighted by Gasteiger charge is -2.06. The van der Waals surface area contributed by atoms with Gasteiger partial charge in [0.2, 0.25) is 0 Å². The van der Waals surface area contributed by atoms with E-state index in [1.54, 1.807) is 11.3 Å². The van der Waals surface area contributed by atoms with Crippen LogP contribution in [0, 0.1) is 0 Å². The van der Waals surface area contributed by atoms with Crippen molar-refractivity contribution in [1.82, 2.24) is 0 Å². The van der Waals surface area contributed by atoms with Gasteiger partial charge in [0, 0.05) is 16.7 Å². The normalized spacial score (nSPS) is 10.4. The highest BCUT2D eigenvalue weighted by molar-refractivity contribution is 7.10. The van der Waals surface area contributed by atoms with E-state index in [0.29, 0.717) is 17.9 Å². The van der Waals surface area contributed by atoms with Crippen molar-refractivity contribution in [2.45, 2.75) is 13.0 Å². The fraction of sp³-hybridized carbons (Fsp3) is 0.105. The van der Waals surface area contributed by atoms with Crippen molar-refractivity contribution < 1.29 is 9.53 Å². The lowest BCUT2D eigenvalue weighted by atomic mass is 10.1. The maximum absolute atomic E-state index is 11.4. The van der Waals surface area contributed by atoms with Gasteiger partial charge < -0.3 is 4.74 Å². The van der Waals surface area contributed by atoms with Crippen LogP contribution in [-0.4, -0.2) is 6.29 Å². The first-order chi connectivity index (χ1) is 10.9. The fourth-order valence-corrected chi connectivity index (χ4v) is 3.25. The number of rotatable bonds is 6. The zero-order valence-corrected chi connectivity index (χ0v) is 12.9. The summed E-state index contributed by atoms with van der Waals surface area (Å²) in [5.74, 6) is 0.676. The van der Waals surface area contributed by atoms with E-state index in [2.05, 4.69) is 12.1 Å². The summed E-state index contributed by atoms with van der Waals surface area (Å²) in [4.78, 5) is 12.5. The summed E-state index contributed by atoms with van der Waals surface area (Å²) in [5.41, 5.74) is 2.96. The molecular weight excluding hydrogens is 292 g/mol. The Bertz CT molecular complexity index is 733. The molecule has 2 nitrogen and oxygen atoms in total. The Hall–Kier alpha value is -2.39. The molecule has 0 amide bonds. The van der Waals surface area contributed by atoms with Crippen LogP contribution in [0.5, 0.6) is 5.75 Å². The zero-order valence-electron chi connectivity index (χ0n) is 12.1. The number of hydrogen-bond donors (Lipinski definition) is 0. The molecule has 3 aromatic rings. The lowest BCUT2D eigenvalue weighted by molar-refractivity contribution is 0.111. The Balaban J connectivity index is 1.74. The number of carbonyl (C=O) groups excluding carboxylic acids is 1. The Morgan fingerprint density at radius 1 is 0.909 bits per heavy atom. The van der Waals surface area contributed by atoms with Gasteiger partial charge in [0.1, 0.15) is 12.4 Å². The molecule has 0 saturated heterocycles. The van der Waals surface area contributed by atoms with Gasteiger partial charge in [0.05, 0.1) is 5.56 Å². The summed E-state index contributed by atoms with van der Waals surface area (Å²) >= 11 is 1.57. The summed E-state index contributed by atoms with van der Waals surface area (Å²) in [6.07, 6.45) is 1.66. The van der Waals surface area contributed by atoms with Gasteiger partial charge in [-0.2, -0.15) is 0 Å². The predicted octanol–water partition coefficient (Wildman–Crippen LogP) is 4.73. The van der Waals surface area contributed by atoms with Gasteiger partial charge in [-0.3, -0.25) is 4.79 Å². The Labute approximate surface area is 134 Å². The highest BCUT2D eigenvalue weighted by atomic mass is 32.1. The minimum absolute atomic E-state index is 0.475. The molecule has 0 fully saturated rings. The fourth-order valence-electron chi connectivity index (χ4n) is 2.28. The van der Waals surface area contributed by atoms with Crippen LogP contribution in [0.15, 0.2) is 66.0 Å². The Morgan fingerprint density at radius 3 is 2.18 bits per heavy atom. The molecular formula is C19H16O2S. The third kappa shape index (κ3) is 3.43. The Morgan fingerprint density at radius 2 is 1.55 bits per heavy atom. The second kappa shape index (κ2) is 7.05.